The van der Waals surface area contributed by atoms with E-state index in [2.05, 4.69) is 33.1 Å². The summed E-state index contributed by atoms with van der Waals surface area (Å²) in [4.78, 5) is 11.9. The van der Waals surface area contributed by atoms with E-state index in [0.717, 1.165) is 3.57 Å². The fraction of sp³-hybridized carbons (Fsp3) is 0. The molecule has 0 atom stereocenters. The summed E-state index contributed by atoms with van der Waals surface area (Å²) in [6.07, 6.45) is 1.44. The van der Waals surface area contributed by atoms with E-state index in [-0.39, 0.29) is 11.7 Å². The normalized spacial score (nSPS) is 10.7. The molecular weight excluding hydrogens is 391 g/mol. The largest absolute Gasteiger partial charge is 0.508 e. The molecule has 2 aromatic rings. The van der Waals surface area contributed by atoms with Crippen LogP contribution in [0.5, 0.6) is 5.75 Å². The van der Waals surface area contributed by atoms with Crippen LogP contribution < -0.4 is 5.43 Å². The third-order valence-corrected chi connectivity index (χ3v) is 3.42. The second-order valence-corrected chi connectivity index (χ2v) is 5.57. The molecule has 0 radical (unpaired) electrons. The molecule has 2 N–H and O–H groups in total. The standard InChI is InChI=1S/C14H10ClIN2O2/c15-13-5-4-10(16)7-12(13)14(20)18-17-8-9-2-1-3-11(19)6-9/h1-8,19H,(H,18,20)/b17-8+. The number of rotatable bonds is 3. The number of nitrogens with zero attached hydrogens (tertiary/aromatic N) is 1. The minimum Gasteiger partial charge on any atom is -0.508 e. The molecule has 102 valence electrons. The summed E-state index contributed by atoms with van der Waals surface area (Å²) in [7, 11) is 0. The van der Waals surface area contributed by atoms with Crippen LogP contribution in [0, 0.1) is 3.57 Å². The predicted octanol–water partition coefficient (Wildman–Crippen LogP) is 3.41. The third-order valence-electron chi connectivity index (χ3n) is 2.42. The first-order valence-corrected chi connectivity index (χ1v) is 7.09. The molecule has 4 nitrogen and oxygen atoms in total. The zero-order chi connectivity index (χ0) is 14.5. The van der Waals surface area contributed by atoms with Gasteiger partial charge in [0, 0.05) is 3.57 Å². The molecule has 0 fully saturated rings. The zero-order valence-corrected chi connectivity index (χ0v) is 13.1. The fourth-order valence-corrected chi connectivity index (χ4v) is 2.20. The Morgan fingerprint density at radius 3 is 2.85 bits per heavy atom. The van der Waals surface area contributed by atoms with Crippen molar-refractivity contribution in [2.75, 3.05) is 0 Å². The molecule has 20 heavy (non-hydrogen) atoms. The molecule has 0 saturated carbocycles. The molecule has 6 heteroatoms. The van der Waals surface area contributed by atoms with Gasteiger partial charge in [0.15, 0.2) is 0 Å². The molecule has 0 spiro atoms. The Morgan fingerprint density at radius 1 is 1.30 bits per heavy atom. The monoisotopic (exact) mass is 400 g/mol. The van der Waals surface area contributed by atoms with Gasteiger partial charge in [0.1, 0.15) is 5.75 Å². The van der Waals surface area contributed by atoms with Gasteiger partial charge in [-0.2, -0.15) is 5.10 Å². The van der Waals surface area contributed by atoms with Gasteiger partial charge in [-0.05, 0) is 58.5 Å². The number of carbonyl (C=O) groups is 1. The minimum absolute atomic E-state index is 0.140. The highest BCUT2D eigenvalue weighted by molar-refractivity contribution is 14.1. The van der Waals surface area contributed by atoms with Crippen LogP contribution in [0.1, 0.15) is 15.9 Å². The van der Waals surface area contributed by atoms with Gasteiger partial charge < -0.3 is 5.11 Å². The number of hydrogen-bond donors (Lipinski definition) is 2. The van der Waals surface area contributed by atoms with Crippen molar-refractivity contribution in [3.63, 3.8) is 0 Å². The van der Waals surface area contributed by atoms with E-state index in [1.165, 1.54) is 12.3 Å². The lowest BCUT2D eigenvalue weighted by molar-refractivity contribution is 0.0955. The highest BCUT2D eigenvalue weighted by Gasteiger charge is 2.09. The van der Waals surface area contributed by atoms with Crippen molar-refractivity contribution >= 4 is 46.3 Å². The van der Waals surface area contributed by atoms with Crippen molar-refractivity contribution in [2.45, 2.75) is 0 Å². The van der Waals surface area contributed by atoms with Crippen molar-refractivity contribution < 1.29 is 9.90 Å². The number of hydrazone groups is 1. The van der Waals surface area contributed by atoms with Gasteiger partial charge >= 0.3 is 0 Å². The Bertz CT molecular complexity index is 674. The lowest BCUT2D eigenvalue weighted by Gasteiger charge is -2.03. The summed E-state index contributed by atoms with van der Waals surface area (Å²) in [6.45, 7) is 0. The fourth-order valence-electron chi connectivity index (χ4n) is 1.50. The summed E-state index contributed by atoms with van der Waals surface area (Å²) in [5.41, 5.74) is 3.44. The van der Waals surface area contributed by atoms with Crippen LogP contribution in [-0.2, 0) is 0 Å². The topological polar surface area (TPSA) is 61.7 Å². The van der Waals surface area contributed by atoms with Crippen molar-refractivity contribution in [1.29, 1.82) is 0 Å². The minimum atomic E-state index is -0.384. The van der Waals surface area contributed by atoms with Gasteiger partial charge in [-0.3, -0.25) is 4.79 Å². The second kappa shape index (κ2) is 6.71. The quantitative estimate of drug-likeness (QED) is 0.471. The molecule has 0 bridgehead atoms. The van der Waals surface area contributed by atoms with Crippen LogP contribution in [0.4, 0.5) is 0 Å². The summed E-state index contributed by atoms with van der Waals surface area (Å²) in [5.74, 6) is -0.245. The van der Waals surface area contributed by atoms with Crippen LogP contribution in [0.15, 0.2) is 47.6 Å². The van der Waals surface area contributed by atoms with Gasteiger partial charge in [0.25, 0.3) is 5.91 Å². The number of halogens is 2. The van der Waals surface area contributed by atoms with Gasteiger partial charge in [0.2, 0.25) is 0 Å². The van der Waals surface area contributed by atoms with E-state index in [4.69, 9.17) is 11.6 Å². The molecular formula is C14H10ClIN2O2. The van der Waals surface area contributed by atoms with E-state index in [0.29, 0.717) is 16.1 Å². The van der Waals surface area contributed by atoms with E-state index >= 15 is 0 Å². The Kier molecular flexibility index (Phi) is 4.97. The van der Waals surface area contributed by atoms with Gasteiger partial charge in [-0.15, -0.1) is 0 Å². The number of phenols is 1. The van der Waals surface area contributed by atoms with E-state index in [1.54, 1.807) is 30.3 Å². The summed E-state index contributed by atoms with van der Waals surface area (Å²) < 4.78 is 0.911. The number of carbonyl (C=O) groups excluding carboxylic acids is 1. The lowest BCUT2D eigenvalue weighted by Crippen LogP contribution is -2.18. The summed E-state index contributed by atoms with van der Waals surface area (Å²) in [5, 5.41) is 13.5. The molecule has 0 unspecified atom stereocenters. The maximum Gasteiger partial charge on any atom is 0.272 e. The van der Waals surface area contributed by atoms with Crippen LogP contribution in [0.3, 0.4) is 0 Å². The molecule has 0 aliphatic carbocycles. The van der Waals surface area contributed by atoms with Crippen molar-refractivity contribution in [3.05, 3.63) is 62.2 Å². The third kappa shape index (κ3) is 3.94. The Labute approximate surface area is 134 Å². The van der Waals surface area contributed by atoms with Crippen molar-refractivity contribution in [3.8, 4) is 5.75 Å². The lowest BCUT2D eigenvalue weighted by atomic mass is 10.2. The second-order valence-electron chi connectivity index (χ2n) is 3.92. The first kappa shape index (κ1) is 14.8. The first-order valence-electron chi connectivity index (χ1n) is 5.64. The smallest absolute Gasteiger partial charge is 0.272 e. The molecule has 0 heterocycles. The van der Waals surface area contributed by atoms with E-state index in [1.807, 2.05) is 6.07 Å². The van der Waals surface area contributed by atoms with Crippen LogP contribution in [-0.4, -0.2) is 17.2 Å². The maximum atomic E-state index is 11.9. The zero-order valence-electron chi connectivity index (χ0n) is 10.2. The number of hydrogen-bond acceptors (Lipinski definition) is 3. The van der Waals surface area contributed by atoms with Crippen LogP contribution >= 0.6 is 34.2 Å². The number of nitrogens with one attached hydrogen (secondary N) is 1. The molecule has 1 amide bonds. The summed E-state index contributed by atoms with van der Waals surface area (Å²) >= 11 is 8.06. The maximum absolute atomic E-state index is 11.9. The average Bonchev–Trinajstić information content (AvgIpc) is 2.41. The van der Waals surface area contributed by atoms with E-state index in [9.17, 15) is 9.90 Å². The first-order chi connectivity index (χ1) is 9.56. The van der Waals surface area contributed by atoms with Gasteiger partial charge in [-0.25, -0.2) is 5.43 Å². The molecule has 0 aliphatic rings. The molecule has 0 aliphatic heterocycles. The highest BCUT2D eigenvalue weighted by atomic mass is 127. The van der Waals surface area contributed by atoms with Crippen LogP contribution in [0.25, 0.3) is 0 Å². The van der Waals surface area contributed by atoms with Crippen molar-refractivity contribution in [2.24, 2.45) is 5.10 Å². The van der Waals surface area contributed by atoms with E-state index < -0.39 is 0 Å². The highest BCUT2D eigenvalue weighted by Crippen LogP contribution is 2.18. The van der Waals surface area contributed by atoms with Gasteiger partial charge in [0.05, 0.1) is 16.8 Å². The SMILES string of the molecule is O=C(N/N=C/c1cccc(O)c1)c1cc(I)ccc1Cl. The average molecular weight is 401 g/mol. The number of phenolic OH excluding ortho intramolecular Hbond substituents is 1. The number of benzene rings is 2. The Balaban J connectivity index is 2.07. The number of aromatic hydroxyl groups is 1. The Morgan fingerprint density at radius 2 is 2.10 bits per heavy atom. The predicted molar refractivity (Wildman–Crippen MR) is 87.3 cm³/mol. The Hall–Kier alpha value is -1.60. The molecule has 2 aromatic carbocycles. The van der Waals surface area contributed by atoms with Gasteiger partial charge in [-0.1, -0.05) is 23.7 Å². The van der Waals surface area contributed by atoms with Crippen LogP contribution in [0.2, 0.25) is 5.02 Å². The van der Waals surface area contributed by atoms with Crippen molar-refractivity contribution in [1.82, 2.24) is 5.43 Å². The number of amides is 1. The molecule has 0 saturated heterocycles. The molecule has 2 rings (SSSR count). The summed E-state index contributed by atoms with van der Waals surface area (Å²) in [6, 6.07) is 11.7. The molecule has 0 aromatic heterocycles.